The molecule has 1 N–H and O–H groups in total. The van der Waals surface area contributed by atoms with Crippen LogP contribution in [0.2, 0.25) is 0 Å². The van der Waals surface area contributed by atoms with Crippen molar-refractivity contribution < 1.29 is 17.6 Å². The van der Waals surface area contributed by atoms with Gasteiger partial charge in [-0.05, 0) is 36.2 Å². The minimum atomic E-state index is -2.98. The van der Waals surface area contributed by atoms with Gasteiger partial charge in [0, 0.05) is 13.1 Å². The molecule has 0 spiro atoms. The Labute approximate surface area is 151 Å². The number of nitrogens with zero attached hydrogens (tertiary/aromatic N) is 3. The second-order valence-electron chi connectivity index (χ2n) is 6.30. The van der Waals surface area contributed by atoms with E-state index in [1.807, 2.05) is 0 Å². The summed E-state index contributed by atoms with van der Waals surface area (Å²) in [6, 6.07) is 8.99. The second kappa shape index (κ2) is 7.36. The average molecular weight is 378 g/mol. The van der Waals surface area contributed by atoms with Crippen LogP contribution in [0, 0.1) is 5.82 Å². The molecule has 0 bridgehead atoms. The van der Waals surface area contributed by atoms with Crippen molar-refractivity contribution in [3.8, 4) is 0 Å². The number of amides is 1. The summed E-state index contributed by atoms with van der Waals surface area (Å²) in [5.41, 5.74) is 0.564. The van der Waals surface area contributed by atoms with Gasteiger partial charge in [0.25, 0.3) is 0 Å². The first kappa shape index (κ1) is 18.2. The molecule has 0 saturated carbocycles. The van der Waals surface area contributed by atoms with Gasteiger partial charge in [0.15, 0.2) is 21.5 Å². The third-order valence-corrected chi connectivity index (χ3v) is 6.04. The van der Waals surface area contributed by atoms with Crippen LogP contribution in [-0.2, 0) is 21.1 Å². The lowest BCUT2D eigenvalue weighted by atomic mass is 10.1. The second-order valence-corrected chi connectivity index (χ2v) is 8.53. The molecular formula is C17H19FN4O3S. The zero-order valence-electron chi connectivity index (χ0n) is 14.2. The number of aromatic nitrogens is 2. The molecule has 1 fully saturated rings. The predicted molar refractivity (Wildman–Crippen MR) is 96.2 cm³/mol. The molecule has 1 aromatic heterocycles. The molecule has 1 atom stereocenters. The molecule has 1 aromatic carbocycles. The molecule has 1 aliphatic heterocycles. The zero-order valence-corrected chi connectivity index (χ0v) is 15.0. The van der Waals surface area contributed by atoms with E-state index in [1.165, 1.54) is 12.1 Å². The quantitative estimate of drug-likeness (QED) is 0.846. The molecule has 26 heavy (non-hydrogen) atoms. The highest BCUT2D eigenvalue weighted by Crippen LogP contribution is 2.21. The lowest BCUT2D eigenvalue weighted by molar-refractivity contribution is -0.115. The molecule has 138 valence electrons. The summed E-state index contributed by atoms with van der Waals surface area (Å²) in [5.74, 6) is 0.392. The van der Waals surface area contributed by atoms with Crippen molar-refractivity contribution in [2.24, 2.45) is 0 Å². The lowest BCUT2D eigenvalue weighted by Gasteiger charge is -2.23. The van der Waals surface area contributed by atoms with E-state index in [0.717, 1.165) is 0 Å². The van der Waals surface area contributed by atoms with Crippen molar-refractivity contribution in [3.05, 3.63) is 47.8 Å². The smallest absolute Gasteiger partial charge is 0.229 e. The van der Waals surface area contributed by atoms with Gasteiger partial charge in [0.2, 0.25) is 5.91 Å². The first-order valence-electron chi connectivity index (χ1n) is 8.14. The molecule has 7 nitrogen and oxygen atoms in total. The van der Waals surface area contributed by atoms with Crippen molar-refractivity contribution in [3.63, 3.8) is 0 Å². The predicted octanol–water partition coefficient (Wildman–Crippen LogP) is 1.42. The van der Waals surface area contributed by atoms with E-state index in [9.17, 15) is 17.6 Å². The number of carbonyl (C=O) groups is 1. The summed E-state index contributed by atoms with van der Waals surface area (Å²) in [5, 5.41) is 10.6. The van der Waals surface area contributed by atoms with Crippen LogP contribution in [0.3, 0.4) is 0 Å². The van der Waals surface area contributed by atoms with E-state index in [1.54, 1.807) is 36.2 Å². The summed E-state index contributed by atoms with van der Waals surface area (Å²) in [6.07, 6.45) is 0.591. The molecule has 1 amide bonds. The van der Waals surface area contributed by atoms with Crippen molar-refractivity contribution >= 4 is 27.4 Å². The van der Waals surface area contributed by atoms with E-state index in [2.05, 4.69) is 15.5 Å². The maximum absolute atomic E-state index is 13.1. The largest absolute Gasteiger partial charge is 0.354 e. The number of nitrogens with one attached hydrogen (secondary N) is 1. The third kappa shape index (κ3) is 4.54. The topological polar surface area (TPSA) is 92.3 Å². The Hall–Kier alpha value is -2.55. The number of hydrogen-bond donors (Lipinski definition) is 1. The molecule has 1 aliphatic rings. The normalized spacial score (nSPS) is 18.5. The van der Waals surface area contributed by atoms with Crippen molar-refractivity contribution in [2.75, 3.05) is 28.8 Å². The molecule has 0 radical (unpaired) electrons. The Morgan fingerprint density at radius 1 is 1.31 bits per heavy atom. The van der Waals surface area contributed by atoms with Crippen LogP contribution >= 0.6 is 0 Å². The molecule has 0 aliphatic carbocycles. The number of halogens is 1. The number of benzene rings is 1. The fraction of sp³-hybridized carbons (Fsp3) is 0.353. The van der Waals surface area contributed by atoms with Gasteiger partial charge >= 0.3 is 0 Å². The van der Waals surface area contributed by atoms with Crippen LogP contribution in [0.25, 0.3) is 0 Å². The molecule has 3 rings (SSSR count). The zero-order chi connectivity index (χ0) is 18.7. The molecule has 1 saturated heterocycles. The van der Waals surface area contributed by atoms with Crippen molar-refractivity contribution in [2.45, 2.75) is 18.9 Å². The van der Waals surface area contributed by atoms with E-state index < -0.39 is 15.7 Å². The monoisotopic (exact) mass is 378 g/mol. The summed E-state index contributed by atoms with van der Waals surface area (Å²) in [4.78, 5) is 13.8. The first-order valence-corrected chi connectivity index (χ1v) is 9.96. The van der Waals surface area contributed by atoms with Gasteiger partial charge in [0.1, 0.15) is 5.82 Å². The van der Waals surface area contributed by atoms with E-state index in [0.29, 0.717) is 17.8 Å². The van der Waals surface area contributed by atoms with Crippen LogP contribution in [0.15, 0.2) is 36.4 Å². The highest BCUT2D eigenvalue weighted by Gasteiger charge is 2.31. The Bertz CT molecular complexity index is 902. The standard InChI is InChI=1S/C17H19FN4O3S/c1-22(14-7-8-26(24,25)11-14)16-6-5-15(20-21-16)19-17(23)10-12-3-2-4-13(18)9-12/h2-6,9,14H,7-8,10-11H2,1H3,(H,19,20,23). The molecule has 1 unspecified atom stereocenters. The Morgan fingerprint density at radius 3 is 2.73 bits per heavy atom. The number of hydrogen-bond acceptors (Lipinski definition) is 6. The fourth-order valence-corrected chi connectivity index (χ4v) is 4.64. The van der Waals surface area contributed by atoms with Crippen LogP contribution in [0.1, 0.15) is 12.0 Å². The number of carbonyl (C=O) groups excluding carboxylic acids is 1. The Kier molecular flexibility index (Phi) is 5.17. The molecular weight excluding hydrogens is 359 g/mol. The van der Waals surface area contributed by atoms with Gasteiger partial charge in [-0.25, -0.2) is 12.8 Å². The molecule has 2 heterocycles. The highest BCUT2D eigenvalue weighted by molar-refractivity contribution is 7.91. The van der Waals surface area contributed by atoms with Crippen molar-refractivity contribution in [1.29, 1.82) is 0 Å². The summed E-state index contributed by atoms with van der Waals surface area (Å²) >= 11 is 0. The van der Waals surface area contributed by atoms with Crippen LogP contribution in [-0.4, -0.2) is 49.1 Å². The van der Waals surface area contributed by atoms with Crippen molar-refractivity contribution in [1.82, 2.24) is 10.2 Å². The van der Waals surface area contributed by atoms with Gasteiger partial charge in [-0.15, -0.1) is 10.2 Å². The summed E-state index contributed by atoms with van der Waals surface area (Å²) in [7, 11) is -1.20. The SMILES string of the molecule is CN(c1ccc(NC(=O)Cc2cccc(F)c2)nn1)C1CCS(=O)(=O)C1. The number of anilines is 2. The average Bonchev–Trinajstić information content (AvgIpc) is 2.95. The molecule has 2 aromatic rings. The minimum absolute atomic E-state index is 0.0288. The Morgan fingerprint density at radius 2 is 2.12 bits per heavy atom. The maximum Gasteiger partial charge on any atom is 0.229 e. The van der Waals surface area contributed by atoms with E-state index in [-0.39, 0.29) is 35.7 Å². The summed E-state index contributed by atoms with van der Waals surface area (Å²) < 4.78 is 36.3. The maximum atomic E-state index is 13.1. The lowest BCUT2D eigenvalue weighted by Crippen LogP contribution is -2.33. The minimum Gasteiger partial charge on any atom is -0.354 e. The van der Waals surface area contributed by atoms with Crippen LogP contribution in [0.4, 0.5) is 16.0 Å². The number of sulfone groups is 1. The van der Waals surface area contributed by atoms with Crippen LogP contribution < -0.4 is 10.2 Å². The number of rotatable bonds is 5. The van der Waals surface area contributed by atoms with E-state index in [4.69, 9.17) is 0 Å². The van der Waals surface area contributed by atoms with Gasteiger partial charge in [-0.3, -0.25) is 4.79 Å². The van der Waals surface area contributed by atoms with Gasteiger partial charge < -0.3 is 10.2 Å². The third-order valence-electron chi connectivity index (χ3n) is 4.29. The van der Waals surface area contributed by atoms with Gasteiger partial charge in [-0.2, -0.15) is 0 Å². The summed E-state index contributed by atoms with van der Waals surface area (Å²) in [6.45, 7) is 0. The molecule has 9 heteroatoms. The van der Waals surface area contributed by atoms with Gasteiger partial charge in [-0.1, -0.05) is 12.1 Å². The van der Waals surface area contributed by atoms with Crippen LogP contribution in [0.5, 0.6) is 0 Å². The van der Waals surface area contributed by atoms with Gasteiger partial charge in [0.05, 0.1) is 17.9 Å². The highest BCUT2D eigenvalue weighted by atomic mass is 32.2. The first-order chi connectivity index (χ1) is 12.3. The fourth-order valence-electron chi connectivity index (χ4n) is 2.87. The Balaban J connectivity index is 1.60. The van der Waals surface area contributed by atoms with E-state index >= 15 is 0 Å².